The summed E-state index contributed by atoms with van der Waals surface area (Å²) in [6, 6.07) is 5.46. The zero-order valence-corrected chi connectivity index (χ0v) is 15.4. The summed E-state index contributed by atoms with van der Waals surface area (Å²) in [5.41, 5.74) is 0.377. The lowest BCUT2D eigenvalue weighted by Gasteiger charge is -2.12. The van der Waals surface area contributed by atoms with Gasteiger partial charge >= 0.3 is 5.97 Å². The SMILES string of the molecule is COC(=O)c1cc(CN(C)C(=O)/C=C/c2ccc(Br)s2)oc1C. The summed E-state index contributed by atoms with van der Waals surface area (Å²) in [5.74, 6) is 0.413. The Hall–Kier alpha value is -1.86. The maximum Gasteiger partial charge on any atom is 0.341 e. The Labute approximate surface area is 146 Å². The van der Waals surface area contributed by atoms with E-state index in [9.17, 15) is 9.59 Å². The van der Waals surface area contributed by atoms with E-state index in [1.807, 2.05) is 12.1 Å². The number of esters is 1. The van der Waals surface area contributed by atoms with Crippen LogP contribution in [0.4, 0.5) is 0 Å². The van der Waals surface area contributed by atoms with Gasteiger partial charge in [-0.3, -0.25) is 4.79 Å². The predicted molar refractivity (Wildman–Crippen MR) is 92.3 cm³/mol. The highest BCUT2D eigenvalue weighted by molar-refractivity contribution is 9.11. The van der Waals surface area contributed by atoms with Crippen molar-refractivity contribution < 1.29 is 18.7 Å². The lowest BCUT2D eigenvalue weighted by Crippen LogP contribution is -2.23. The Morgan fingerprint density at radius 3 is 2.78 bits per heavy atom. The van der Waals surface area contributed by atoms with E-state index >= 15 is 0 Å². The summed E-state index contributed by atoms with van der Waals surface area (Å²) in [6.45, 7) is 1.96. The molecule has 0 aromatic carbocycles. The maximum absolute atomic E-state index is 12.1. The Bertz CT molecular complexity index is 747. The van der Waals surface area contributed by atoms with Gasteiger partial charge in [0, 0.05) is 18.0 Å². The topological polar surface area (TPSA) is 59.8 Å². The number of carbonyl (C=O) groups is 2. The molecule has 7 heteroatoms. The number of likely N-dealkylation sites (N-methyl/N-ethyl adjacent to an activating group) is 1. The number of methoxy groups -OCH3 is 1. The number of thiophene rings is 1. The Morgan fingerprint density at radius 1 is 1.43 bits per heavy atom. The summed E-state index contributed by atoms with van der Waals surface area (Å²) in [5, 5.41) is 0. The van der Waals surface area contributed by atoms with E-state index in [1.54, 1.807) is 37.5 Å². The molecule has 0 N–H and O–H groups in total. The van der Waals surface area contributed by atoms with Crippen molar-refractivity contribution in [2.24, 2.45) is 0 Å². The van der Waals surface area contributed by atoms with Crippen molar-refractivity contribution in [2.45, 2.75) is 13.5 Å². The fourth-order valence-electron chi connectivity index (χ4n) is 1.94. The third-order valence-electron chi connectivity index (χ3n) is 3.13. The molecule has 0 atom stereocenters. The molecule has 0 saturated carbocycles. The van der Waals surface area contributed by atoms with Gasteiger partial charge in [-0.1, -0.05) is 0 Å². The first kappa shape index (κ1) is 17.5. The van der Waals surface area contributed by atoms with Crippen LogP contribution in [0.5, 0.6) is 0 Å². The van der Waals surface area contributed by atoms with Gasteiger partial charge in [0.1, 0.15) is 17.1 Å². The minimum absolute atomic E-state index is 0.150. The van der Waals surface area contributed by atoms with Gasteiger partial charge in [-0.2, -0.15) is 0 Å². The number of aryl methyl sites for hydroxylation is 1. The van der Waals surface area contributed by atoms with Crippen LogP contribution in [0.25, 0.3) is 6.08 Å². The molecule has 0 aliphatic rings. The number of hydrogen-bond donors (Lipinski definition) is 0. The van der Waals surface area contributed by atoms with Crippen LogP contribution >= 0.6 is 27.3 Å². The van der Waals surface area contributed by atoms with Crippen molar-refractivity contribution in [1.29, 1.82) is 0 Å². The molecule has 0 radical (unpaired) electrons. The predicted octanol–water partition coefficient (Wildman–Crippen LogP) is 3.87. The number of hydrogen-bond acceptors (Lipinski definition) is 5. The van der Waals surface area contributed by atoms with E-state index in [0.717, 1.165) is 8.66 Å². The molecule has 2 heterocycles. The van der Waals surface area contributed by atoms with E-state index in [2.05, 4.69) is 20.7 Å². The Kier molecular flexibility index (Phi) is 5.79. The smallest absolute Gasteiger partial charge is 0.341 e. The van der Waals surface area contributed by atoms with Crippen molar-refractivity contribution in [3.63, 3.8) is 0 Å². The molecule has 122 valence electrons. The second-order valence-electron chi connectivity index (χ2n) is 4.84. The number of rotatable bonds is 5. The van der Waals surface area contributed by atoms with Crippen LogP contribution in [0.15, 0.2) is 32.5 Å². The largest absolute Gasteiger partial charge is 0.465 e. The van der Waals surface area contributed by atoms with Gasteiger partial charge in [-0.25, -0.2) is 4.79 Å². The van der Waals surface area contributed by atoms with Crippen LogP contribution in [0, 0.1) is 6.92 Å². The summed E-state index contributed by atoms with van der Waals surface area (Å²) in [7, 11) is 2.99. The van der Waals surface area contributed by atoms with E-state index < -0.39 is 5.97 Å². The fourth-order valence-corrected chi connectivity index (χ4v) is 3.27. The van der Waals surface area contributed by atoms with Crippen LogP contribution in [0.1, 0.15) is 26.8 Å². The number of amides is 1. The van der Waals surface area contributed by atoms with E-state index in [-0.39, 0.29) is 12.5 Å². The molecule has 0 fully saturated rings. The summed E-state index contributed by atoms with van der Waals surface area (Å²) < 4.78 is 11.2. The lowest BCUT2D eigenvalue weighted by molar-refractivity contribution is -0.125. The molecular formula is C16H16BrNO4S. The molecular weight excluding hydrogens is 382 g/mol. The first-order chi connectivity index (χ1) is 10.9. The van der Waals surface area contributed by atoms with Gasteiger partial charge in [0.15, 0.2) is 0 Å². The normalized spacial score (nSPS) is 11.0. The van der Waals surface area contributed by atoms with Crippen LogP contribution < -0.4 is 0 Å². The molecule has 0 spiro atoms. The van der Waals surface area contributed by atoms with Gasteiger partial charge in [-0.15, -0.1) is 11.3 Å². The van der Waals surface area contributed by atoms with Crippen LogP contribution in [-0.4, -0.2) is 30.9 Å². The van der Waals surface area contributed by atoms with Crippen LogP contribution in [0.3, 0.4) is 0 Å². The van der Waals surface area contributed by atoms with Crippen molar-refractivity contribution >= 4 is 45.2 Å². The lowest BCUT2D eigenvalue weighted by atomic mass is 10.2. The van der Waals surface area contributed by atoms with Crippen LogP contribution in [0.2, 0.25) is 0 Å². The maximum atomic E-state index is 12.1. The van der Waals surface area contributed by atoms with Gasteiger partial charge in [0.2, 0.25) is 5.91 Å². The molecule has 5 nitrogen and oxygen atoms in total. The Morgan fingerprint density at radius 2 is 2.17 bits per heavy atom. The number of nitrogens with zero attached hydrogens (tertiary/aromatic N) is 1. The van der Waals surface area contributed by atoms with Crippen molar-refractivity contribution in [3.05, 3.63) is 50.0 Å². The molecule has 0 saturated heterocycles. The second-order valence-corrected chi connectivity index (χ2v) is 7.34. The van der Waals surface area contributed by atoms with Crippen LogP contribution in [-0.2, 0) is 16.1 Å². The monoisotopic (exact) mass is 397 g/mol. The zero-order valence-electron chi connectivity index (χ0n) is 13.0. The summed E-state index contributed by atoms with van der Waals surface area (Å²) >= 11 is 4.92. The highest BCUT2D eigenvalue weighted by Crippen LogP contribution is 2.23. The molecule has 2 aromatic rings. The molecule has 1 amide bonds. The second kappa shape index (κ2) is 7.61. The van der Waals surface area contributed by atoms with E-state index in [4.69, 9.17) is 4.42 Å². The van der Waals surface area contributed by atoms with E-state index in [1.165, 1.54) is 18.1 Å². The summed E-state index contributed by atoms with van der Waals surface area (Å²) in [6.07, 6.45) is 3.27. The van der Waals surface area contributed by atoms with Crippen molar-refractivity contribution in [3.8, 4) is 0 Å². The van der Waals surface area contributed by atoms with Crippen molar-refractivity contribution in [1.82, 2.24) is 4.90 Å². The molecule has 23 heavy (non-hydrogen) atoms. The number of halogens is 1. The van der Waals surface area contributed by atoms with Crippen molar-refractivity contribution in [2.75, 3.05) is 14.2 Å². The number of ether oxygens (including phenoxy) is 1. The highest BCUT2D eigenvalue weighted by atomic mass is 79.9. The standard InChI is InChI=1S/C16H16BrNO4S/c1-10-13(16(20)21-3)8-11(22-10)9-18(2)15(19)7-5-12-4-6-14(17)23-12/h4-8H,9H2,1-3H3/b7-5+. The van der Waals surface area contributed by atoms with Gasteiger partial charge in [-0.05, 0) is 47.1 Å². The Balaban J connectivity index is 2.01. The van der Waals surface area contributed by atoms with E-state index in [0.29, 0.717) is 17.1 Å². The van der Waals surface area contributed by atoms with Gasteiger partial charge < -0.3 is 14.1 Å². The first-order valence-corrected chi connectivity index (χ1v) is 8.37. The minimum atomic E-state index is -0.449. The number of furan rings is 1. The van der Waals surface area contributed by atoms with Gasteiger partial charge in [0.25, 0.3) is 0 Å². The molecule has 2 aromatic heterocycles. The molecule has 2 rings (SSSR count). The van der Waals surface area contributed by atoms with Gasteiger partial charge in [0.05, 0.1) is 17.4 Å². The molecule has 0 aliphatic carbocycles. The molecule has 0 aliphatic heterocycles. The summed E-state index contributed by atoms with van der Waals surface area (Å²) in [4.78, 5) is 26.2. The molecule has 0 unspecified atom stereocenters. The molecule has 0 bridgehead atoms. The highest BCUT2D eigenvalue weighted by Gasteiger charge is 2.17. The first-order valence-electron chi connectivity index (χ1n) is 6.77. The fraction of sp³-hybridized carbons (Fsp3) is 0.250. The third kappa shape index (κ3) is 4.56. The average Bonchev–Trinajstić information content (AvgIpc) is 3.09. The average molecular weight is 398 g/mol. The number of carbonyl (C=O) groups excluding carboxylic acids is 2. The zero-order chi connectivity index (χ0) is 17.0. The quantitative estimate of drug-likeness (QED) is 0.567. The minimum Gasteiger partial charge on any atom is -0.465 e. The third-order valence-corrected chi connectivity index (χ3v) is 4.72.